The fraction of sp³-hybridized carbons (Fsp3) is 0.294. The molecule has 112 valence electrons. The van der Waals surface area contributed by atoms with Crippen molar-refractivity contribution >= 4 is 47.8 Å². The molecule has 0 saturated heterocycles. The highest BCUT2D eigenvalue weighted by Crippen LogP contribution is 2.35. The highest BCUT2D eigenvalue weighted by molar-refractivity contribution is 9.11. The van der Waals surface area contributed by atoms with Gasteiger partial charge in [-0.3, -0.25) is 0 Å². The van der Waals surface area contributed by atoms with Crippen molar-refractivity contribution in [1.29, 1.82) is 0 Å². The minimum atomic E-state index is 0.159. The zero-order valence-corrected chi connectivity index (χ0v) is 16.8. The average molecular weight is 476 g/mol. The lowest BCUT2D eigenvalue weighted by Gasteiger charge is -2.23. The Hall–Kier alpha value is -0.160. The van der Waals surface area contributed by atoms with Crippen LogP contribution in [0.2, 0.25) is 0 Å². The molecule has 1 N–H and O–H groups in total. The topological polar surface area (TPSA) is 12.0 Å². The van der Waals surface area contributed by atoms with E-state index in [1.54, 1.807) is 0 Å². The molecule has 2 rings (SSSR count). The zero-order valence-electron chi connectivity index (χ0n) is 12.1. The molecule has 1 atom stereocenters. The van der Waals surface area contributed by atoms with E-state index >= 15 is 0 Å². The summed E-state index contributed by atoms with van der Waals surface area (Å²) in [6.07, 6.45) is 1.10. The van der Waals surface area contributed by atoms with Crippen LogP contribution in [0.5, 0.6) is 0 Å². The smallest absolute Gasteiger partial charge is 0.0599 e. The number of rotatable bonds is 5. The van der Waals surface area contributed by atoms with E-state index in [1.807, 2.05) is 6.07 Å². The first kappa shape index (κ1) is 17.2. The van der Waals surface area contributed by atoms with Gasteiger partial charge in [0.15, 0.2) is 0 Å². The summed E-state index contributed by atoms with van der Waals surface area (Å²) < 4.78 is 3.39. The first-order valence-electron chi connectivity index (χ1n) is 6.98. The molecule has 0 amide bonds. The van der Waals surface area contributed by atoms with Gasteiger partial charge in [-0.15, -0.1) is 0 Å². The maximum Gasteiger partial charge on any atom is 0.0599 e. The van der Waals surface area contributed by atoms with Crippen LogP contribution < -0.4 is 5.32 Å². The monoisotopic (exact) mass is 473 g/mol. The van der Waals surface area contributed by atoms with Gasteiger partial charge in [-0.2, -0.15) is 0 Å². The number of halogens is 3. The largest absolute Gasteiger partial charge is 0.306 e. The molecule has 2 aromatic carbocycles. The van der Waals surface area contributed by atoms with Crippen molar-refractivity contribution in [2.45, 2.75) is 26.3 Å². The summed E-state index contributed by atoms with van der Waals surface area (Å²) in [6, 6.07) is 12.9. The summed E-state index contributed by atoms with van der Waals surface area (Å²) >= 11 is 11.0. The van der Waals surface area contributed by atoms with E-state index in [4.69, 9.17) is 0 Å². The van der Waals surface area contributed by atoms with E-state index < -0.39 is 0 Å². The van der Waals surface area contributed by atoms with Crippen LogP contribution in [0.3, 0.4) is 0 Å². The second kappa shape index (κ2) is 7.91. The van der Waals surface area contributed by atoms with Crippen molar-refractivity contribution in [2.75, 3.05) is 6.54 Å². The molecule has 4 heteroatoms. The Kier molecular flexibility index (Phi) is 6.48. The van der Waals surface area contributed by atoms with Gasteiger partial charge >= 0.3 is 0 Å². The van der Waals surface area contributed by atoms with Crippen molar-refractivity contribution in [3.8, 4) is 0 Å². The molecule has 0 aromatic heterocycles. The summed E-state index contributed by atoms with van der Waals surface area (Å²) in [7, 11) is 0. The molecule has 0 radical (unpaired) electrons. The van der Waals surface area contributed by atoms with Crippen LogP contribution in [-0.4, -0.2) is 6.54 Å². The first-order valence-corrected chi connectivity index (χ1v) is 9.35. The highest BCUT2D eigenvalue weighted by Gasteiger charge is 2.19. The van der Waals surface area contributed by atoms with Crippen molar-refractivity contribution < 1.29 is 0 Å². The number of hydrogen-bond acceptors (Lipinski definition) is 1. The summed E-state index contributed by atoms with van der Waals surface area (Å²) in [5.74, 6) is 0. The highest BCUT2D eigenvalue weighted by atomic mass is 79.9. The molecule has 0 spiro atoms. The molecule has 0 bridgehead atoms. The second-order valence-corrected chi connectivity index (χ2v) is 7.59. The minimum Gasteiger partial charge on any atom is -0.306 e. The van der Waals surface area contributed by atoms with Crippen LogP contribution in [0.15, 0.2) is 49.8 Å². The summed E-state index contributed by atoms with van der Waals surface area (Å²) in [5, 5.41) is 3.65. The summed E-state index contributed by atoms with van der Waals surface area (Å²) in [5.41, 5.74) is 3.72. The van der Waals surface area contributed by atoms with Gasteiger partial charge in [0.25, 0.3) is 0 Å². The van der Waals surface area contributed by atoms with Gasteiger partial charge in [0.05, 0.1) is 6.04 Å². The normalized spacial score (nSPS) is 12.4. The predicted molar refractivity (Wildman–Crippen MR) is 101 cm³/mol. The van der Waals surface area contributed by atoms with Gasteiger partial charge in [-0.1, -0.05) is 72.9 Å². The van der Waals surface area contributed by atoms with Crippen molar-refractivity contribution in [1.82, 2.24) is 5.32 Å². The van der Waals surface area contributed by atoms with E-state index in [2.05, 4.69) is 97.3 Å². The van der Waals surface area contributed by atoms with Crippen molar-refractivity contribution in [3.63, 3.8) is 0 Å². The lowest BCUT2D eigenvalue weighted by Crippen LogP contribution is -2.24. The van der Waals surface area contributed by atoms with Gasteiger partial charge < -0.3 is 5.32 Å². The number of aryl methyl sites for hydroxylation is 1. The Morgan fingerprint density at radius 1 is 0.952 bits per heavy atom. The molecule has 1 unspecified atom stereocenters. The minimum absolute atomic E-state index is 0.159. The molecule has 0 saturated carbocycles. The van der Waals surface area contributed by atoms with Gasteiger partial charge in [0, 0.05) is 13.4 Å². The van der Waals surface area contributed by atoms with Crippen LogP contribution in [0.1, 0.15) is 36.1 Å². The third kappa shape index (κ3) is 4.19. The van der Waals surface area contributed by atoms with Crippen molar-refractivity contribution in [3.05, 3.63) is 66.5 Å². The van der Waals surface area contributed by atoms with Crippen LogP contribution in [0.25, 0.3) is 0 Å². The van der Waals surface area contributed by atoms with Gasteiger partial charge in [0.2, 0.25) is 0 Å². The fourth-order valence-corrected chi connectivity index (χ4v) is 3.83. The molecule has 2 aromatic rings. The van der Waals surface area contributed by atoms with E-state index in [9.17, 15) is 0 Å². The van der Waals surface area contributed by atoms with E-state index in [-0.39, 0.29) is 6.04 Å². The van der Waals surface area contributed by atoms with E-state index in [0.29, 0.717) is 0 Å². The van der Waals surface area contributed by atoms with Gasteiger partial charge in [-0.05, 0) is 54.8 Å². The lowest BCUT2D eigenvalue weighted by atomic mass is 9.97. The molecular weight excluding hydrogens is 458 g/mol. The van der Waals surface area contributed by atoms with Crippen LogP contribution in [0.4, 0.5) is 0 Å². The second-order valence-electron chi connectivity index (χ2n) is 5.03. The number of nitrogens with one attached hydrogen (secondary N) is 1. The SMILES string of the molecule is CCCNC(c1ccccc1Br)c1cc(Br)c(C)cc1Br. The molecule has 0 aliphatic rings. The zero-order chi connectivity index (χ0) is 15.4. The Labute approximate surface area is 151 Å². The van der Waals surface area contributed by atoms with E-state index in [0.717, 1.165) is 26.4 Å². The third-order valence-corrected chi connectivity index (χ3v) is 5.67. The number of benzene rings is 2. The standard InChI is InChI=1S/C17H18Br3N/c1-3-8-21-17(12-6-4-5-7-14(12)18)13-10-15(19)11(2)9-16(13)20/h4-7,9-10,17,21H,3,8H2,1-2H3. The molecular formula is C17H18Br3N. The summed E-state index contributed by atoms with van der Waals surface area (Å²) in [4.78, 5) is 0. The first-order chi connectivity index (χ1) is 10.0. The van der Waals surface area contributed by atoms with Crippen LogP contribution in [0, 0.1) is 6.92 Å². The molecule has 0 aliphatic carbocycles. The fourth-order valence-electron chi connectivity index (χ4n) is 2.27. The van der Waals surface area contributed by atoms with Gasteiger partial charge in [0.1, 0.15) is 0 Å². The Morgan fingerprint density at radius 2 is 1.67 bits per heavy atom. The predicted octanol–water partition coefficient (Wildman–Crippen LogP) is 6.37. The lowest BCUT2D eigenvalue weighted by molar-refractivity contribution is 0.595. The Balaban J connectivity index is 2.51. The molecule has 21 heavy (non-hydrogen) atoms. The summed E-state index contributed by atoms with van der Waals surface area (Å²) in [6.45, 7) is 5.26. The quantitative estimate of drug-likeness (QED) is 0.529. The Bertz CT molecular complexity index is 625. The van der Waals surface area contributed by atoms with Crippen LogP contribution in [-0.2, 0) is 0 Å². The van der Waals surface area contributed by atoms with Gasteiger partial charge in [-0.25, -0.2) is 0 Å². The molecule has 1 nitrogen and oxygen atoms in total. The molecule has 0 heterocycles. The maximum atomic E-state index is 3.72. The number of hydrogen-bond donors (Lipinski definition) is 1. The molecule has 0 aliphatic heterocycles. The van der Waals surface area contributed by atoms with E-state index in [1.165, 1.54) is 16.7 Å². The van der Waals surface area contributed by atoms with Crippen LogP contribution >= 0.6 is 47.8 Å². The Morgan fingerprint density at radius 3 is 2.33 bits per heavy atom. The maximum absolute atomic E-state index is 3.72. The third-order valence-electron chi connectivity index (χ3n) is 3.40. The molecule has 0 fully saturated rings. The van der Waals surface area contributed by atoms with Crippen molar-refractivity contribution in [2.24, 2.45) is 0 Å². The average Bonchev–Trinajstić information content (AvgIpc) is 2.46.